The number of aryl methyl sites for hydroxylation is 1. The largest absolute Gasteiger partial charge is 0.496 e. The molecule has 0 bridgehead atoms. The Bertz CT molecular complexity index is 773. The van der Waals surface area contributed by atoms with Gasteiger partial charge < -0.3 is 10.1 Å². The first kappa shape index (κ1) is 24.7. The molecule has 0 saturated carbocycles. The second-order valence-electron chi connectivity index (χ2n) is 8.16. The summed E-state index contributed by atoms with van der Waals surface area (Å²) in [6, 6.07) is 4.97. The maximum Gasteiger partial charge on any atom is 0.243 e. The zero-order valence-corrected chi connectivity index (χ0v) is 19.6. The predicted molar refractivity (Wildman–Crippen MR) is 120 cm³/mol. The van der Waals surface area contributed by atoms with Crippen molar-refractivity contribution in [2.75, 3.05) is 26.7 Å². The molecule has 1 heterocycles. The van der Waals surface area contributed by atoms with Gasteiger partial charge in [0.05, 0.1) is 12.0 Å². The number of unbranched alkanes of at least 4 members (excludes halogenated alkanes) is 1. The van der Waals surface area contributed by atoms with Crippen molar-refractivity contribution in [2.45, 2.75) is 76.5 Å². The number of hydrogen-bond donors (Lipinski definition) is 1. The Labute approximate surface area is 182 Å². The van der Waals surface area contributed by atoms with Crippen molar-refractivity contribution in [3.05, 3.63) is 23.8 Å². The fraction of sp³-hybridized carbons (Fsp3) is 0.696. The van der Waals surface area contributed by atoms with Crippen LogP contribution in [-0.2, 0) is 21.2 Å². The summed E-state index contributed by atoms with van der Waals surface area (Å²) in [7, 11) is -1.94. The van der Waals surface area contributed by atoms with E-state index >= 15 is 0 Å². The minimum atomic E-state index is -3.50. The Morgan fingerprint density at radius 1 is 1.20 bits per heavy atom. The first-order valence-electron chi connectivity index (χ1n) is 11.4. The summed E-state index contributed by atoms with van der Waals surface area (Å²) in [5.74, 6) is 1.13. The number of methoxy groups -OCH3 is 1. The fourth-order valence-corrected chi connectivity index (χ4v) is 5.47. The number of sulfonamides is 1. The summed E-state index contributed by atoms with van der Waals surface area (Å²) < 4.78 is 32.9. The molecule has 7 heteroatoms. The molecule has 1 amide bonds. The van der Waals surface area contributed by atoms with E-state index in [1.165, 1.54) is 12.8 Å². The number of ether oxygens (including phenoxy) is 1. The number of hydrogen-bond acceptors (Lipinski definition) is 4. The molecule has 1 aliphatic heterocycles. The maximum atomic E-state index is 13.0. The van der Waals surface area contributed by atoms with Gasteiger partial charge in [0.1, 0.15) is 5.75 Å². The number of nitrogens with one attached hydrogen (secondary N) is 1. The average Bonchev–Trinajstić information content (AvgIpc) is 2.78. The third kappa shape index (κ3) is 6.98. The van der Waals surface area contributed by atoms with Crippen LogP contribution in [0, 0.1) is 5.92 Å². The lowest BCUT2D eigenvalue weighted by Gasteiger charge is -2.26. The number of carbonyl (C=O) groups is 1. The van der Waals surface area contributed by atoms with E-state index in [2.05, 4.69) is 19.2 Å². The number of carbonyl (C=O) groups excluding carboxylic acids is 1. The number of amides is 1. The smallest absolute Gasteiger partial charge is 0.243 e. The van der Waals surface area contributed by atoms with Gasteiger partial charge in [0, 0.05) is 26.1 Å². The first-order valence-corrected chi connectivity index (χ1v) is 12.8. The van der Waals surface area contributed by atoms with E-state index < -0.39 is 10.0 Å². The van der Waals surface area contributed by atoms with Crippen LogP contribution in [0.2, 0.25) is 0 Å². The maximum absolute atomic E-state index is 13.0. The van der Waals surface area contributed by atoms with Gasteiger partial charge >= 0.3 is 0 Å². The molecule has 1 aromatic rings. The van der Waals surface area contributed by atoms with E-state index in [9.17, 15) is 13.2 Å². The van der Waals surface area contributed by atoms with Gasteiger partial charge in [0.15, 0.2) is 0 Å². The highest BCUT2D eigenvalue weighted by atomic mass is 32.2. The van der Waals surface area contributed by atoms with Crippen LogP contribution in [0.3, 0.4) is 0 Å². The highest BCUT2D eigenvalue weighted by molar-refractivity contribution is 7.89. The molecule has 0 spiro atoms. The van der Waals surface area contributed by atoms with Crippen LogP contribution in [0.1, 0.15) is 70.8 Å². The number of nitrogens with zero attached hydrogens (tertiary/aromatic N) is 1. The zero-order valence-electron chi connectivity index (χ0n) is 18.8. The van der Waals surface area contributed by atoms with Gasteiger partial charge in [0.2, 0.25) is 15.9 Å². The van der Waals surface area contributed by atoms with Gasteiger partial charge in [-0.2, -0.15) is 4.31 Å². The van der Waals surface area contributed by atoms with E-state index in [1.54, 1.807) is 29.6 Å². The molecule has 1 saturated heterocycles. The van der Waals surface area contributed by atoms with E-state index in [4.69, 9.17) is 4.74 Å². The number of rotatable bonds is 12. The summed E-state index contributed by atoms with van der Waals surface area (Å²) in [6.45, 7) is 6.19. The summed E-state index contributed by atoms with van der Waals surface area (Å²) in [5, 5.41) is 3.04. The molecule has 1 N–H and O–H groups in total. The quantitative estimate of drug-likeness (QED) is 0.532. The standard InChI is InChI=1S/C23H38N2O4S/c1-4-6-10-19(5-2)18-24-23(26)14-11-20-17-21(12-13-22(20)29-3)30(27,28)25-15-8-7-9-16-25/h12-13,17,19H,4-11,14-16,18H2,1-3H3,(H,24,26)/t19-/m1/s1. The lowest BCUT2D eigenvalue weighted by atomic mass is 9.99. The molecular formula is C23H38N2O4S. The Hall–Kier alpha value is -1.60. The fourth-order valence-electron chi connectivity index (χ4n) is 3.90. The van der Waals surface area contributed by atoms with Gasteiger partial charge in [-0.05, 0) is 55.4 Å². The van der Waals surface area contributed by atoms with Crippen molar-refractivity contribution in [1.29, 1.82) is 0 Å². The predicted octanol–water partition coefficient (Wildman–Crippen LogP) is 4.14. The summed E-state index contributed by atoms with van der Waals surface area (Å²) >= 11 is 0. The normalized spacial score (nSPS) is 16.2. The summed E-state index contributed by atoms with van der Waals surface area (Å²) in [4.78, 5) is 12.6. The average molecular weight is 439 g/mol. The lowest BCUT2D eigenvalue weighted by Crippen LogP contribution is -2.35. The number of piperidine rings is 1. The van der Waals surface area contributed by atoms with Crippen molar-refractivity contribution >= 4 is 15.9 Å². The van der Waals surface area contributed by atoms with Crippen LogP contribution < -0.4 is 10.1 Å². The molecule has 0 aromatic heterocycles. The van der Waals surface area contributed by atoms with Crippen molar-refractivity contribution in [2.24, 2.45) is 5.92 Å². The molecule has 2 rings (SSSR count). The van der Waals surface area contributed by atoms with Gasteiger partial charge in [-0.25, -0.2) is 8.42 Å². The van der Waals surface area contributed by atoms with Crippen molar-refractivity contribution in [3.63, 3.8) is 0 Å². The molecule has 0 aliphatic carbocycles. The third-order valence-electron chi connectivity index (χ3n) is 5.96. The summed E-state index contributed by atoms with van der Waals surface area (Å²) in [6.07, 6.45) is 8.19. The van der Waals surface area contributed by atoms with Crippen LogP contribution >= 0.6 is 0 Å². The Morgan fingerprint density at radius 2 is 1.93 bits per heavy atom. The van der Waals surface area contributed by atoms with E-state index in [-0.39, 0.29) is 10.8 Å². The molecule has 1 atom stereocenters. The highest BCUT2D eigenvalue weighted by Gasteiger charge is 2.26. The van der Waals surface area contributed by atoms with Gasteiger partial charge in [-0.3, -0.25) is 4.79 Å². The molecule has 1 aromatic carbocycles. The third-order valence-corrected chi connectivity index (χ3v) is 7.85. The molecule has 6 nitrogen and oxygen atoms in total. The van der Waals surface area contributed by atoms with Crippen LogP contribution in [-0.4, -0.2) is 45.4 Å². The topological polar surface area (TPSA) is 75.7 Å². The lowest BCUT2D eigenvalue weighted by molar-refractivity contribution is -0.121. The van der Waals surface area contributed by atoms with Crippen molar-refractivity contribution < 1.29 is 17.9 Å². The zero-order chi connectivity index (χ0) is 22.0. The van der Waals surface area contributed by atoms with Crippen molar-refractivity contribution in [1.82, 2.24) is 9.62 Å². The molecule has 1 fully saturated rings. The van der Waals surface area contributed by atoms with Gasteiger partial charge in [-0.1, -0.05) is 39.5 Å². The first-order chi connectivity index (χ1) is 14.4. The second-order valence-corrected chi connectivity index (χ2v) is 10.1. The molecule has 0 radical (unpaired) electrons. The van der Waals surface area contributed by atoms with Crippen LogP contribution in [0.5, 0.6) is 5.75 Å². The van der Waals surface area contributed by atoms with Crippen LogP contribution in [0.15, 0.2) is 23.1 Å². The Balaban J connectivity index is 2.00. The van der Waals surface area contributed by atoms with E-state index in [0.29, 0.717) is 44.1 Å². The van der Waals surface area contributed by atoms with Gasteiger partial charge in [-0.15, -0.1) is 0 Å². The second kappa shape index (κ2) is 12.3. The minimum absolute atomic E-state index is 0.00343. The molecule has 1 aliphatic rings. The van der Waals surface area contributed by atoms with Crippen LogP contribution in [0.25, 0.3) is 0 Å². The van der Waals surface area contributed by atoms with Gasteiger partial charge in [0.25, 0.3) is 0 Å². The molecular weight excluding hydrogens is 400 g/mol. The molecule has 30 heavy (non-hydrogen) atoms. The van der Waals surface area contributed by atoms with Crippen LogP contribution in [0.4, 0.5) is 0 Å². The highest BCUT2D eigenvalue weighted by Crippen LogP contribution is 2.27. The molecule has 170 valence electrons. The van der Waals surface area contributed by atoms with Crippen molar-refractivity contribution in [3.8, 4) is 5.75 Å². The Kier molecular flexibility index (Phi) is 10.1. The minimum Gasteiger partial charge on any atom is -0.496 e. The number of benzene rings is 1. The Morgan fingerprint density at radius 3 is 2.57 bits per heavy atom. The molecule has 0 unspecified atom stereocenters. The van der Waals surface area contributed by atoms with E-state index in [1.807, 2.05) is 0 Å². The monoisotopic (exact) mass is 438 g/mol. The summed E-state index contributed by atoms with van der Waals surface area (Å²) in [5.41, 5.74) is 0.753. The van der Waals surface area contributed by atoms with E-state index in [0.717, 1.165) is 37.7 Å². The SMILES string of the molecule is CCCC[C@@H](CC)CNC(=O)CCc1cc(S(=O)(=O)N2CCCCC2)ccc1OC.